The standard InChI is InChI=1S/C18H23N3O4/c1-12-19-9-10-21(12)14-7-5-13(6-8-14)11-15(16(22)23)20-17(24)25-18(2,3)4/h5-10,15H,11H2,1-4H3,(H,20,24)(H,22,23). The van der Waals surface area contributed by atoms with Gasteiger partial charge in [0.25, 0.3) is 0 Å². The van der Waals surface area contributed by atoms with E-state index in [1.807, 2.05) is 42.0 Å². The molecule has 0 spiro atoms. The first-order valence-corrected chi connectivity index (χ1v) is 7.97. The van der Waals surface area contributed by atoms with Gasteiger partial charge in [0, 0.05) is 24.5 Å². The monoisotopic (exact) mass is 345 g/mol. The molecule has 0 radical (unpaired) electrons. The smallest absolute Gasteiger partial charge is 0.408 e. The van der Waals surface area contributed by atoms with Crippen LogP contribution in [0.1, 0.15) is 32.2 Å². The maximum Gasteiger partial charge on any atom is 0.408 e. The number of benzene rings is 1. The molecule has 0 fully saturated rings. The summed E-state index contributed by atoms with van der Waals surface area (Å²) in [5.74, 6) is -0.247. The van der Waals surface area contributed by atoms with Crippen LogP contribution in [0.15, 0.2) is 36.7 Å². The van der Waals surface area contributed by atoms with Crippen molar-refractivity contribution in [2.24, 2.45) is 0 Å². The predicted molar refractivity (Wildman–Crippen MR) is 92.8 cm³/mol. The zero-order valence-electron chi connectivity index (χ0n) is 14.8. The molecular weight excluding hydrogens is 322 g/mol. The third-order valence-corrected chi connectivity index (χ3v) is 3.47. The molecule has 1 amide bonds. The molecule has 1 atom stereocenters. The second-order valence-corrected chi connectivity index (χ2v) is 6.75. The van der Waals surface area contributed by atoms with Crippen LogP contribution >= 0.6 is 0 Å². The van der Waals surface area contributed by atoms with Crippen molar-refractivity contribution in [1.29, 1.82) is 0 Å². The lowest BCUT2D eigenvalue weighted by Crippen LogP contribution is -2.44. The Hall–Kier alpha value is -2.83. The first-order chi connectivity index (χ1) is 11.7. The van der Waals surface area contributed by atoms with Gasteiger partial charge >= 0.3 is 12.1 Å². The largest absolute Gasteiger partial charge is 0.480 e. The Bertz CT molecular complexity index is 744. The maximum atomic E-state index is 11.8. The summed E-state index contributed by atoms with van der Waals surface area (Å²) >= 11 is 0. The first-order valence-electron chi connectivity index (χ1n) is 7.97. The highest BCUT2D eigenvalue weighted by Gasteiger charge is 2.24. The van der Waals surface area contributed by atoms with E-state index in [2.05, 4.69) is 10.3 Å². The highest BCUT2D eigenvalue weighted by Crippen LogP contribution is 2.13. The molecule has 1 heterocycles. The molecule has 0 bridgehead atoms. The van der Waals surface area contributed by atoms with Crippen LogP contribution in [0.2, 0.25) is 0 Å². The lowest BCUT2D eigenvalue weighted by Gasteiger charge is -2.22. The molecular formula is C18H23N3O4. The Morgan fingerprint density at radius 3 is 2.40 bits per heavy atom. The van der Waals surface area contributed by atoms with Crippen molar-refractivity contribution in [2.45, 2.75) is 45.8 Å². The molecule has 2 aromatic rings. The van der Waals surface area contributed by atoms with Crippen LogP contribution in [0.3, 0.4) is 0 Å². The van der Waals surface area contributed by atoms with Gasteiger partial charge in [0.15, 0.2) is 0 Å². The van der Waals surface area contributed by atoms with Crippen molar-refractivity contribution >= 4 is 12.1 Å². The normalized spacial score (nSPS) is 12.5. The Kier molecular flexibility index (Phi) is 5.46. The van der Waals surface area contributed by atoms with Crippen LogP contribution < -0.4 is 5.32 Å². The molecule has 0 aliphatic rings. The van der Waals surface area contributed by atoms with Crippen molar-refractivity contribution < 1.29 is 19.4 Å². The zero-order valence-corrected chi connectivity index (χ0v) is 14.8. The molecule has 0 saturated carbocycles. The van der Waals surface area contributed by atoms with Gasteiger partial charge in [0.2, 0.25) is 0 Å². The van der Waals surface area contributed by atoms with E-state index < -0.39 is 23.7 Å². The van der Waals surface area contributed by atoms with Crippen LogP contribution in [-0.2, 0) is 16.0 Å². The number of imidazole rings is 1. The molecule has 1 unspecified atom stereocenters. The van der Waals surface area contributed by atoms with E-state index in [1.54, 1.807) is 27.0 Å². The SMILES string of the molecule is Cc1nccn1-c1ccc(CC(NC(=O)OC(C)(C)C)C(=O)O)cc1. The summed E-state index contributed by atoms with van der Waals surface area (Å²) in [5, 5.41) is 11.7. The van der Waals surface area contributed by atoms with Crippen molar-refractivity contribution in [3.8, 4) is 5.69 Å². The quantitative estimate of drug-likeness (QED) is 0.869. The fourth-order valence-electron chi connectivity index (χ4n) is 2.33. The topological polar surface area (TPSA) is 93.5 Å². The Balaban J connectivity index is 2.06. The number of aryl methyl sites for hydroxylation is 1. The lowest BCUT2D eigenvalue weighted by molar-refractivity contribution is -0.139. The molecule has 2 N–H and O–H groups in total. The minimum Gasteiger partial charge on any atom is -0.480 e. The van der Waals surface area contributed by atoms with Gasteiger partial charge in [-0.05, 0) is 45.4 Å². The fourth-order valence-corrected chi connectivity index (χ4v) is 2.33. The number of hydrogen-bond donors (Lipinski definition) is 2. The third-order valence-electron chi connectivity index (χ3n) is 3.47. The number of ether oxygens (including phenoxy) is 1. The Morgan fingerprint density at radius 1 is 1.28 bits per heavy atom. The van der Waals surface area contributed by atoms with Crippen LogP contribution in [0, 0.1) is 6.92 Å². The average Bonchev–Trinajstić information content (AvgIpc) is 2.91. The summed E-state index contributed by atoms with van der Waals surface area (Å²) in [7, 11) is 0. The number of aliphatic carboxylic acids is 1. The van der Waals surface area contributed by atoms with Crippen LogP contribution in [-0.4, -0.2) is 38.4 Å². The van der Waals surface area contributed by atoms with Crippen LogP contribution in [0.5, 0.6) is 0 Å². The van der Waals surface area contributed by atoms with Gasteiger partial charge in [-0.1, -0.05) is 12.1 Å². The average molecular weight is 345 g/mol. The van der Waals surface area contributed by atoms with Gasteiger partial charge in [-0.25, -0.2) is 14.6 Å². The van der Waals surface area contributed by atoms with Crippen LogP contribution in [0.4, 0.5) is 4.79 Å². The maximum absolute atomic E-state index is 11.8. The number of carboxylic acids is 1. The molecule has 0 saturated heterocycles. The minimum atomic E-state index is -1.11. The van der Waals surface area contributed by atoms with Gasteiger partial charge in [-0.15, -0.1) is 0 Å². The van der Waals surface area contributed by atoms with Crippen molar-refractivity contribution in [1.82, 2.24) is 14.9 Å². The second-order valence-electron chi connectivity index (χ2n) is 6.75. The highest BCUT2D eigenvalue weighted by atomic mass is 16.6. The zero-order chi connectivity index (χ0) is 18.6. The van der Waals surface area contributed by atoms with Gasteiger partial charge in [-0.2, -0.15) is 0 Å². The molecule has 1 aromatic carbocycles. The van der Waals surface area contributed by atoms with Crippen molar-refractivity contribution in [2.75, 3.05) is 0 Å². The Labute approximate surface area is 146 Å². The van der Waals surface area contributed by atoms with E-state index in [9.17, 15) is 14.7 Å². The number of carbonyl (C=O) groups is 2. The molecule has 7 nitrogen and oxygen atoms in total. The van der Waals surface area contributed by atoms with Crippen molar-refractivity contribution in [3.05, 3.63) is 48.0 Å². The summed E-state index contributed by atoms with van der Waals surface area (Å²) in [5.41, 5.74) is 1.05. The van der Waals surface area contributed by atoms with E-state index >= 15 is 0 Å². The summed E-state index contributed by atoms with van der Waals surface area (Å²) in [4.78, 5) is 27.4. The first kappa shape index (κ1) is 18.5. The third kappa shape index (κ3) is 5.34. The minimum absolute atomic E-state index is 0.164. The predicted octanol–water partition coefficient (Wildman–Crippen LogP) is 2.70. The van der Waals surface area contributed by atoms with Gasteiger partial charge < -0.3 is 19.7 Å². The van der Waals surface area contributed by atoms with Gasteiger partial charge in [-0.3, -0.25) is 0 Å². The lowest BCUT2D eigenvalue weighted by atomic mass is 10.1. The van der Waals surface area contributed by atoms with Crippen molar-refractivity contribution in [3.63, 3.8) is 0 Å². The summed E-state index contributed by atoms with van der Waals surface area (Å²) in [6, 6.07) is 6.38. The van der Waals surface area contributed by atoms with E-state index in [1.165, 1.54) is 0 Å². The fraction of sp³-hybridized carbons (Fsp3) is 0.389. The number of nitrogens with one attached hydrogen (secondary N) is 1. The number of hydrogen-bond acceptors (Lipinski definition) is 4. The second kappa shape index (κ2) is 7.38. The molecule has 0 aliphatic heterocycles. The molecule has 2 rings (SSSR count). The number of nitrogens with zero attached hydrogens (tertiary/aromatic N) is 2. The number of aromatic nitrogens is 2. The summed E-state index contributed by atoms with van der Waals surface area (Å²) in [6.45, 7) is 7.07. The molecule has 134 valence electrons. The van der Waals surface area contributed by atoms with Gasteiger partial charge in [0.05, 0.1) is 0 Å². The van der Waals surface area contributed by atoms with E-state index in [4.69, 9.17) is 4.74 Å². The van der Waals surface area contributed by atoms with Gasteiger partial charge in [0.1, 0.15) is 17.5 Å². The number of carboxylic acid groups (broad SMARTS) is 1. The molecule has 1 aromatic heterocycles. The summed E-state index contributed by atoms with van der Waals surface area (Å²) < 4.78 is 7.04. The number of amides is 1. The Morgan fingerprint density at radius 2 is 1.92 bits per heavy atom. The van der Waals surface area contributed by atoms with E-state index in [-0.39, 0.29) is 6.42 Å². The highest BCUT2D eigenvalue weighted by molar-refractivity contribution is 5.80. The van der Waals surface area contributed by atoms with E-state index in [0.29, 0.717) is 0 Å². The van der Waals surface area contributed by atoms with E-state index in [0.717, 1.165) is 17.1 Å². The van der Waals surface area contributed by atoms with Crippen LogP contribution in [0.25, 0.3) is 5.69 Å². The molecule has 7 heteroatoms. The molecule has 0 aliphatic carbocycles. The molecule has 25 heavy (non-hydrogen) atoms. The number of carbonyl (C=O) groups excluding carboxylic acids is 1. The number of rotatable bonds is 5. The summed E-state index contributed by atoms with van der Waals surface area (Å²) in [6.07, 6.45) is 2.99. The number of alkyl carbamates (subject to hydrolysis) is 1.